The Morgan fingerprint density at radius 2 is 1.95 bits per heavy atom. The van der Waals surface area contributed by atoms with Crippen LogP contribution in [0.5, 0.6) is 0 Å². The number of rotatable bonds is 4. The number of hydrogen-bond donors (Lipinski definition) is 0. The van der Waals surface area contributed by atoms with Crippen molar-refractivity contribution in [1.29, 1.82) is 0 Å². The number of benzene rings is 1. The minimum absolute atomic E-state index is 0.554. The highest BCUT2D eigenvalue weighted by atomic mass is 32.2. The molecule has 20 heavy (non-hydrogen) atoms. The van der Waals surface area contributed by atoms with Crippen molar-refractivity contribution >= 4 is 11.8 Å². The van der Waals surface area contributed by atoms with Gasteiger partial charge in [-0.1, -0.05) is 35.5 Å². The van der Waals surface area contributed by atoms with E-state index < -0.39 is 0 Å². The molecule has 5 heteroatoms. The van der Waals surface area contributed by atoms with Crippen LogP contribution in [-0.2, 0) is 5.75 Å². The number of thioether (sulfide) groups is 1. The molecule has 0 radical (unpaired) electrons. The van der Waals surface area contributed by atoms with Gasteiger partial charge in [0, 0.05) is 23.7 Å². The number of aryl methyl sites for hydroxylation is 1. The van der Waals surface area contributed by atoms with Gasteiger partial charge in [0.1, 0.15) is 0 Å². The zero-order valence-corrected chi connectivity index (χ0v) is 11.8. The number of aromatic nitrogens is 3. The number of pyridine rings is 1. The lowest BCUT2D eigenvalue weighted by molar-refractivity contribution is 0.466. The first-order valence-corrected chi connectivity index (χ1v) is 7.22. The van der Waals surface area contributed by atoms with E-state index in [4.69, 9.17) is 4.42 Å². The van der Waals surface area contributed by atoms with Gasteiger partial charge in [-0.3, -0.25) is 4.98 Å². The molecular weight excluding hydrogens is 270 g/mol. The highest BCUT2D eigenvalue weighted by Crippen LogP contribution is 2.25. The minimum atomic E-state index is 0.554. The van der Waals surface area contributed by atoms with E-state index in [2.05, 4.69) is 15.2 Å². The first kappa shape index (κ1) is 12.9. The van der Waals surface area contributed by atoms with E-state index in [1.807, 2.05) is 49.5 Å². The van der Waals surface area contributed by atoms with Crippen LogP contribution in [0.1, 0.15) is 11.1 Å². The highest BCUT2D eigenvalue weighted by molar-refractivity contribution is 7.98. The smallest absolute Gasteiger partial charge is 0.277 e. The Hall–Kier alpha value is -2.14. The molecule has 100 valence electrons. The lowest BCUT2D eigenvalue weighted by Crippen LogP contribution is -1.81. The molecule has 1 aromatic carbocycles. The van der Waals surface area contributed by atoms with Gasteiger partial charge in [-0.25, -0.2) is 0 Å². The van der Waals surface area contributed by atoms with E-state index in [1.54, 1.807) is 6.20 Å². The predicted molar refractivity (Wildman–Crippen MR) is 78.3 cm³/mol. The molecule has 2 heterocycles. The van der Waals surface area contributed by atoms with Crippen LogP contribution in [0.25, 0.3) is 11.5 Å². The van der Waals surface area contributed by atoms with Crippen molar-refractivity contribution in [3.05, 3.63) is 59.9 Å². The minimum Gasteiger partial charge on any atom is -0.411 e. The monoisotopic (exact) mass is 283 g/mol. The predicted octanol–water partition coefficient (Wildman–Crippen LogP) is 3.73. The normalized spacial score (nSPS) is 10.7. The molecule has 3 rings (SSSR count). The van der Waals surface area contributed by atoms with E-state index in [9.17, 15) is 0 Å². The molecule has 4 nitrogen and oxygen atoms in total. The summed E-state index contributed by atoms with van der Waals surface area (Å²) in [6, 6.07) is 12.0. The molecule has 0 atom stereocenters. The summed E-state index contributed by atoms with van der Waals surface area (Å²) in [5, 5.41) is 8.70. The molecule has 0 aliphatic carbocycles. The third kappa shape index (κ3) is 3.05. The third-order valence-electron chi connectivity index (χ3n) is 2.79. The lowest BCUT2D eigenvalue weighted by Gasteiger charge is -1.97. The zero-order chi connectivity index (χ0) is 13.8. The van der Waals surface area contributed by atoms with Crippen LogP contribution in [0.3, 0.4) is 0 Å². The summed E-state index contributed by atoms with van der Waals surface area (Å²) in [5.41, 5.74) is 3.28. The molecule has 0 aliphatic rings. The van der Waals surface area contributed by atoms with Crippen molar-refractivity contribution in [2.24, 2.45) is 0 Å². The maximum Gasteiger partial charge on any atom is 0.277 e. The SMILES string of the molecule is Cc1ccc(-c2nnc(SCc3cccnc3)o2)cc1. The summed E-state index contributed by atoms with van der Waals surface area (Å²) in [6.45, 7) is 2.05. The van der Waals surface area contributed by atoms with Gasteiger partial charge in [-0.15, -0.1) is 10.2 Å². The summed E-state index contributed by atoms with van der Waals surface area (Å²) < 4.78 is 5.65. The van der Waals surface area contributed by atoms with E-state index in [0.29, 0.717) is 11.1 Å². The van der Waals surface area contributed by atoms with Gasteiger partial charge >= 0.3 is 0 Å². The Morgan fingerprint density at radius 1 is 1.10 bits per heavy atom. The van der Waals surface area contributed by atoms with Crippen LogP contribution in [-0.4, -0.2) is 15.2 Å². The van der Waals surface area contributed by atoms with Crippen molar-refractivity contribution in [3.8, 4) is 11.5 Å². The topological polar surface area (TPSA) is 51.8 Å². The van der Waals surface area contributed by atoms with E-state index in [1.165, 1.54) is 17.3 Å². The van der Waals surface area contributed by atoms with E-state index in [-0.39, 0.29) is 0 Å². The Morgan fingerprint density at radius 3 is 2.70 bits per heavy atom. The Kier molecular flexibility index (Phi) is 3.78. The number of hydrogen-bond acceptors (Lipinski definition) is 5. The van der Waals surface area contributed by atoms with Gasteiger partial charge in [0.25, 0.3) is 5.22 Å². The first-order chi connectivity index (χ1) is 9.81. The second-order valence-electron chi connectivity index (χ2n) is 4.39. The third-order valence-corrected chi connectivity index (χ3v) is 3.68. The van der Waals surface area contributed by atoms with Crippen LogP contribution < -0.4 is 0 Å². The maximum absolute atomic E-state index is 5.65. The van der Waals surface area contributed by atoms with Crippen LogP contribution in [0.2, 0.25) is 0 Å². The standard InChI is InChI=1S/C15H13N3OS/c1-11-4-6-13(7-5-11)14-17-18-15(19-14)20-10-12-3-2-8-16-9-12/h2-9H,10H2,1H3. The lowest BCUT2D eigenvalue weighted by atomic mass is 10.1. The molecule has 0 unspecified atom stereocenters. The largest absolute Gasteiger partial charge is 0.411 e. The van der Waals surface area contributed by atoms with Gasteiger partial charge in [-0.2, -0.15) is 0 Å². The second-order valence-corrected chi connectivity index (χ2v) is 5.32. The van der Waals surface area contributed by atoms with Gasteiger partial charge in [0.2, 0.25) is 5.89 Å². The average Bonchev–Trinajstić information content (AvgIpc) is 2.96. The van der Waals surface area contributed by atoms with Crippen LogP contribution in [0.4, 0.5) is 0 Å². The van der Waals surface area contributed by atoms with Crippen molar-refractivity contribution in [3.63, 3.8) is 0 Å². The molecule has 0 spiro atoms. The van der Waals surface area contributed by atoms with Crippen molar-refractivity contribution in [1.82, 2.24) is 15.2 Å². The average molecular weight is 283 g/mol. The van der Waals surface area contributed by atoms with Crippen molar-refractivity contribution in [2.45, 2.75) is 17.9 Å². The van der Waals surface area contributed by atoms with Crippen LogP contribution in [0.15, 0.2) is 58.4 Å². The van der Waals surface area contributed by atoms with Gasteiger partial charge < -0.3 is 4.42 Å². The van der Waals surface area contributed by atoms with Crippen molar-refractivity contribution in [2.75, 3.05) is 0 Å². The fourth-order valence-corrected chi connectivity index (χ4v) is 2.41. The molecule has 0 saturated heterocycles. The molecule has 0 saturated carbocycles. The summed E-state index contributed by atoms with van der Waals surface area (Å²) >= 11 is 1.51. The quantitative estimate of drug-likeness (QED) is 0.683. The molecule has 0 amide bonds. The zero-order valence-electron chi connectivity index (χ0n) is 11.0. The Balaban J connectivity index is 1.69. The molecule has 2 aromatic heterocycles. The highest BCUT2D eigenvalue weighted by Gasteiger charge is 2.08. The fourth-order valence-electron chi connectivity index (χ4n) is 1.71. The van der Waals surface area contributed by atoms with Gasteiger partial charge in [0.15, 0.2) is 0 Å². The molecule has 0 aliphatic heterocycles. The summed E-state index contributed by atoms with van der Waals surface area (Å²) in [6.07, 6.45) is 3.60. The summed E-state index contributed by atoms with van der Waals surface area (Å²) in [4.78, 5) is 4.08. The summed E-state index contributed by atoms with van der Waals surface area (Å²) in [5.74, 6) is 1.32. The molecule has 0 fully saturated rings. The van der Waals surface area contributed by atoms with E-state index >= 15 is 0 Å². The maximum atomic E-state index is 5.65. The Labute approximate surface area is 121 Å². The second kappa shape index (κ2) is 5.88. The molecule has 0 N–H and O–H groups in total. The number of nitrogens with zero attached hydrogens (tertiary/aromatic N) is 3. The van der Waals surface area contributed by atoms with Gasteiger partial charge in [-0.05, 0) is 30.7 Å². The molecular formula is C15H13N3OS. The Bertz CT molecular complexity index is 680. The van der Waals surface area contributed by atoms with Crippen LogP contribution >= 0.6 is 11.8 Å². The molecule has 3 aromatic rings. The molecule has 0 bridgehead atoms. The van der Waals surface area contributed by atoms with Gasteiger partial charge in [0.05, 0.1) is 0 Å². The fraction of sp³-hybridized carbons (Fsp3) is 0.133. The first-order valence-electron chi connectivity index (χ1n) is 6.23. The summed E-state index contributed by atoms with van der Waals surface area (Å²) in [7, 11) is 0. The van der Waals surface area contributed by atoms with Crippen LogP contribution in [0, 0.1) is 6.92 Å². The van der Waals surface area contributed by atoms with Crippen molar-refractivity contribution < 1.29 is 4.42 Å². The van der Waals surface area contributed by atoms with E-state index in [0.717, 1.165) is 16.9 Å².